The Balaban J connectivity index is 2.16. The second kappa shape index (κ2) is 6.94. The Labute approximate surface area is 132 Å². The summed E-state index contributed by atoms with van der Waals surface area (Å²) in [6.07, 6.45) is 0. The first-order chi connectivity index (χ1) is 10.4. The molecule has 1 N–H and O–H groups in total. The molecule has 4 nitrogen and oxygen atoms in total. The molecule has 0 spiro atoms. The van der Waals surface area contributed by atoms with Gasteiger partial charge in [-0.3, -0.25) is 0 Å². The van der Waals surface area contributed by atoms with Crippen molar-refractivity contribution in [3.63, 3.8) is 0 Å². The topological polar surface area (TPSA) is 55.4 Å². The second-order valence-electron chi connectivity index (χ2n) is 5.17. The van der Waals surface area contributed by atoms with E-state index in [0.717, 1.165) is 22.4 Å². The van der Waals surface area contributed by atoms with Crippen LogP contribution < -0.4 is 9.46 Å². The molecule has 0 saturated carbocycles. The molecule has 0 radical (unpaired) electrons. The smallest absolute Gasteiger partial charge is 0.241 e. The van der Waals surface area contributed by atoms with Gasteiger partial charge < -0.3 is 4.74 Å². The van der Waals surface area contributed by atoms with Crippen molar-refractivity contribution in [1.29, 1.82) is 0 Å². The number of ether oxygens (including phenoxy) is 1. The molecule has 0 atom stereocenters. The van der Waals surface area contributed by atoms with Gasteiger partial charge >= 0.3 is 0 Å². The molecule has 0 saturated heterocycles. The standard InChI is InChI=1S/C17H21NO3S/c1-4-21-16-7-5-6-15(11-16)12-18-22(19,20)17-10-13(2)8-9-14(17)3/h5-11,18H,4,12H2,1-3H3. The lowest BCUT2D eigenvalue weighted by Gasteiger charge is -2.11. The molecule has 5 heteroatoms. The Hall–Kier alpha value is -1.85. The first-order valence-corrected chi connectivity index (χ1v) is 8.69. The molecule has 0 bridgehead atoms. The lowest BCUT2D eigenvalue weighted by atomic mass is 10.2. The lowest BCUT2D eigenvalue weighted by Crippen LogP contribution is -2.24. The molecular formula is C17H21NO3S. The molecule has 2 rings (SSSR count). The van der Waals surface area contributed by atoms with Crippen molar-refractivity contribution >= 4 is 10.0 Å². The van der Waals surface area contributed by atoms with Crippen molar-refractivity contribution < 1.29 is 13.2 Å². The van der Waals surface area contributed by atoms with Gasteiger partial charge in [-0.25, -0.2) is 13.1 Å². The van der Waals surface area contributed by atoms with Crippen LogP contribution in [0.2, 0.25) is 0 Å². The Morgan fingerprint density at radius 2 is 1.86 bits per heavy atom. The van der Waals surface area contributed by atoms with E-state index in [2.05, 4.69) is 4.72 Å². The van der Waals surface area contributed by atoms with Gasteiger partial charge in [0.15, 0.2) is 0 Å². The first kappa shape index (κ1) is 16.5. The molecule has 2 aromatic rings. The summed E-state index contributed by atoms with van der Waals surface area (Å²) in [5.74, 6) is 0.742. The molecular weight excluding hydrogens is 298 g/mol. The number of benzene rings is 2. The Kier molecular flexibility index (Phi) is 5.21. The van der Waals surface area contributed by atoms with E-state index in [4.69, 9.17) is 4.74 Å². The van der Waals surface area contributed by atoms with Gasteiger partial charge in [-0.1, -0.05) is 24.3 Å². The summed E-state index contributed by atoms with van der Waals surface area (Å²) in [6, 6.07) is 12.8. The highest BCUT2D eigenvalue weighted by atomic mass is 32.2. The van der Waals surface area contributed by atoms with Crippen LogP contribution in [0.4, 0.5) is 0 Å². The van der Waals surface area contributed by atoms with E-state index in [1.165, 1.54) is 0 Å². The largest absolute Gasteiger partial charge is 0.494 e. The van der Waals surface area contributed by atoms with E-state index in [9.17, 15) is 8.42 Å². The number of aryl methyl sites for hydroxylation is 2. The van der Waals surface area contributed by atoms with Crippen molar-refractivity contribution in [2.24, 2.45) is 0 Å². The zero-order chi connectivity index (χ0) is 16.2. The molecule has 0 aliphatic carbocycles. The fourth-order valence-corrected chi connectivity index (χ4v) is 3.51. The van der Waals surface area contributed by atoms with Gasteiger partial charge in [-0.15, -0.1) is 0 Å². The first-order valence-electron chi connectivity index (χ1n) is 7.21. The number of sulfonamides is 1. The van der Waals surface area contributed by atoms with Crippen LogP contribution in [0.5, 0.6) is 5.75 Å². The van der Waals surface area contributed by atoms with Crippen LogP contribution in [0.1, 0.15) is 23.6 Å². The molecule has 118 valence electrons. The highest BCUT2D eigenvalue weighted by Crippen LogP contribution is 2.18. The van der Waals surface area contributed by atoms with Gasteiger partial charge in [-0.2, -0.15) is 0 Å². The maximum absolute atomic E-state index is 12.4. The summed E-state index contributed by atoms with van der Waals surface area (Å²) >= 11 is 0. The van der Waals surface area contributed by atoms with Gasteiger partial charge in [0.05, 0.1) is 11.5 Å². The van der Waals surface area contributed by atoms with Crippen molar-refractivity contribution in [2.45, 2.75) is 32.2 Å². The van der Waals surface area contributed by atoms with E-state index >= 15 is 0 Å². The molecule has 0 unspecified atom stereocenters. The van der Waals surface area contributed by atoms with Crippen LogP contribution in [0.25, 0.3) is 0 Å². The van der Waals surface area contributed by atoms with Crippen LogP contribution >= 0.6 is 0 Å². The fourth-order valence-electron chi connectivity index (χ4n) is 2.16. The molecule has 0 amide bonds. The van der Waals surface area contributed by atoms with Crippen LogP contribution in [-0.2, 0) is 16.6 Å². The number of hydrogen-bond donors (Lipinski definition) is 1. The van der Waals surface area contributed by atoms with E-state index < -0.39 is 10.0 Å². The minimum atomic E-state index is -3.53. The van der Waals surface area contributed by atoms with Crippen LogP contribution in [0.3, 0.4) is 0 Å². The number of rotatable bonds is 6. The highest BCUT2D eigenvalue weighted by molar-refractivity contribution is 7.89. The quantitative estimate of drug-likeness (QED) is 0.889. The summed E-state index contributed by atoms with van der Waals surface area (Å²) in [5.41, 5.74) is 2.52. The van der Waals surface area contributed by atoms with Gasteiger partial charge in [-0.05, 0) is 55.7 Å². The fraction of sp³-hybridized carbons (Fsp3) is 0.294. The molecule has 0 heterocycles. The number of hydrogen-bond acceptors (Lipinski definition) is 3. The minimum absolute atomic E-state index is 0.233. The summed E-state index contributed by atoms with van der Waals surface area (Å²) in [7, 11) is -3.53. The van der Waals surface area contributed by atoms with Crippen molar-refractivity contribution in [2.75, 3.05) is 6.61 Å². The third-order valence-corrected chi connectivity index (χ3v) is 4.85. The minimum Gasteiger partial charge on any atom is -0.494 e. The SMILES string of the molecule is CCOc1cccc(CNS(=O)(=O)c2cc(C)ccc2C)c1. The van der Waals surface area contributed by atoms with E-state index in [1.54, 1.807) is 13.0 Å². The maximum atomic E-state index is 12.4. The molecule has 22 heavy (non-hydrogen) atoms. The molecule has 0 fully saturated rings. The Morgan fingerprint density at radius 1 is 1.09 bits per heavy atom. The molecule has 2 aromatic carbocycles. The van der Waals surface area contributed by atoms with Gasteiger partial charge in [0.1, 0.15) is 5.75 Å². The zero-order valence-electron chi connectivity index (χ0n) is 13.1. The third-order valence-electron chi connectivity index (χ3n) is 3.31. The van der Waals surface area contributed by atoms with Crippen molar-refractivity contribution in [1.82, 2.24) is 4.72 Å². The number of nitrogens with one attached hydrogen (secondary N) is 1. The summed E-state index contributed by atoms with van der Waals surface area (Å²) in [4.78, 5) is 0.327. The van der Waals surface area contributed by atoms with E-state index in [-0.39, 0.29) is 6.54 Å². The summed E-state index contributed by atoms with van der Waals surface area (Å²) < 4.78 is 33.0. The average molecular weight is 319 g/mol. The van der Waals surface area contributed by atoms with Crippen molar-refractivity contribution in [3.8, 4) is 5.75 Å². The van der Waals surface area contributed by atoms with Gasteiger partial charge in [0.25, 0.3) is 0 Å². The highest BCUT2D eigenvalue weighted by Gasteiger charge is 2.16. The Morgan fingerprint density at radius 3 is 2.59 bits per heavy atom. The van der Waals surface area contributed by atoms with Gasteiger partial charge in [0, 0.05) is 6.54 Å². The molecule has 0 aliphatic rings. The average Bonchev–Trinajstić information content (AvgIpc) is 2.48. The predicted molar refractivity (Wildman–Crippen MR) is 87.6 cm³/mol. The molecule has 0 aliphatic heterocycles. The summed E-state index contributed by atoms with van der Waals surface area (Å²) in [5, 5.41) is 0. The van der Waals surface area contributed by atoms with Crippen LogP contribution in [-0.4, -0.2) is 15.0 Å². The zero-order valence-corrected chi connectivity index (χ0v) is 13.9. The summed E-state index contributed by atoms with van der Waals surface area (Å²) in [6.45, 7) is 6.40. The van der Waals surface area contributed by atoms with Crippen molar-refractivity contribution in [3.05, 3.63) is 59.2 Å². The van der Waals surface area contributed by atoms with Crippen LogP contribution in [0.15, 0.2) is 47.4 Å². The normalized spacial score (nSPS) is 11.4. The lowest BCUT2D eigenvalue weighted by molar-refractivity contribution is 0.340. The van der Waals surface area contributed by atoms with E-state index in [0.29, 0.717) is 11.5 Å². The third kappa shape index (κ3) is 4.08. The van der Waals surface area contributed by atoms with E-state index in [1.807, 2.05) is 50.2 Å². The molecule has 0 aromatic heterocycles. The van der Waals surface area contributed by atoms with Gasteiger partial charge in [0.2, 0.25) is 10.0 Å². The Bertz CT molecular complexity index is 754. The second-order valence-corrected chi connectivity index (χ2v) is 6.91. The van der Waals surface area contributed by atoms with Crippen LogP contribution in [0, 0.1) is 13.8 Å². The monoisotopic (exact) mass is 319 g/mol. The predicted octanol–water partition coefficient (Wildman–Crippen LogP) is 3.18. The maximum Gasteiger partial charge on any atom is 0.241 e.